The van der Waals surface area contributed by atoms with Gasteiger partial charge in [-0.25, -0.2) is 0 Å². The summed E-state index contributed by atoms with van der Waals surface area (Å²) in [6.07, 6.45) is -15.2. The van der Waals surface area contributed by atoms with Crippen LogP contribution >= 0.6 is 22.7 Å². The van der Waals surface area contributed by atoms with Gasteiger partial charge >= 0.3 is 123 Å². The maximum atomic E-state index is 13.5. The van der Waals surface area contributed by atoms with E-state index in [0.717, 1.165) is 40.5 Å². The van der Waals surface area contributed by atoms with Crippen LogP contribution in [0.25, 0.3) is 0 Å². The molecule has 0 aliphatic rings. The molecule has 64 heavy (non-hydrogen) atoms. The summed E-state index contributed by atoms with van der Waals surface area (Å²) in [5, 5.41) is 3.97. The Morgan fingerprint density at radius 3 is 0.922 bits per heavy atom. The van der Waals surface area contributed by atoms with Gasteiger partial charge in [-0.1, -0.05) is 0 Å². The van der Waals surface area contributed by atoms with E-state index in [-0.39, 0.29) is 108 Å². The standard InChI is InChI=1S/C13H7F15OS.C12H5F15OS.3CH3.2Th/c1-5-2-30-3-6(5)29-4-7(14,15)8(16,17)9(18,19)10(20,21)11(22,23)12(24,25)13(26,27)28;13-6(14,4-28-5-1-2-29-3-5)7(15,16)8(17,18)9(19,20)10(21,22)11(23,24)12(25,26)27;;;;;/h2-3H,4H2,1H3;1-3H,4H2;3*1H3;;/q;;3*-1;;+2. The summed E-state index contributed by atoms with van der Waals surface area (Å²) in [6, 6.07) is 0.809. The van der Waals surface area contributed by atoms with Gasteiger partial charge in [0.05, 0.1) is 0 Å². The van der Waals surface area contributed by atoms with Crippen molar-refractivity contribution in [2.45, 2.75) is 90.3 Å². The summed E-state index contributed by atoms with van der Waals surface area (Å²) in [4.78, 5) is 0. The van der Waals surface area contributed by atoms with Gasteiger partial charge in [0, 0.05) is 56.3 Å². The first-order chi connectivity index (χ1) is 25.6. The van der Waals surface area contributed by atoms with Crippen LogP contribution in [0.4, 0.5) is 132 Å². The van der Waals surface area contributed by atoms with E-state index in [1.165, 1.54) is 5.38 Å². The van der Waals surface area contributed by atoms with Gasteiger partial charge in [-0.2, -0.15) is 132 Å². The van der Waals surface area contributed by atoms with E-state index in [1.807, 2.05) is 0 Å². The molecule has 0 unspecified atom stereocenters. The largest absolute Gasteiger partial charge is 2.00 e. The van der Waals surface area contributed by atoms with Gasteiger partial charge in [0.1, 0.15) is 11.5 Å². The van der Waals surface area contributed by atoms with Gasteiger partial charge < -0.3 is 31.8 Å². The maximum Gasteiger partial charge on any atom is 2.00 e. The molecule has 0 aliphatic heterocycles. The fraction of sp³-hybridized carbons (Fsp3) is 0.607. The molecule has 2 rings (SSSR count). The minimum atomic E-state index is -8.29. The van der Waals surface area contributed by atoms with E-state index in [1.54, 1.807) is 0 Å². The fourth-order valence-electron chi connectivity index (χ4n) is 3.35. The smallest absolute Gasteiger partial charge is 0.486 e. The second-order valence-corrected chi connectivity index (χ2v) is 12.6. The van der Waals surface area contributed by atoms with Gasteiger partial charge in [-0.05, 0) is 23.8 Å². The molecule has 0 amide bonds. The normalized spacial score (nSPS) is 14.3. The van der Waals surface area contributed by atoms with Crippen molar-refractivity contribution in [2.75, 3.05) is 13.2 Å². The molecule has 0 fully saturated rings. The first kappa shape index (κ1) is 72.5. The minimum Gasteiger partial charge on any atom is -0.486 e. The molecule has 376 valence electrons. The number of aryl methyl sites for hydroxylation is 1. The summed E-state index contributed by atoms with van der Waals surface area (Å²) >= 11 is 1.43. The molecule has 0 aromatic carbocycles. The first-order valence-electron chi connectivity index (χ1n) is 13.5. The van der Waals surface area contributed by atoms with E-state index in [4.69, 9.17) is 0 Å². The number of hydrogen-bond acceptors (Lipinski definition) is 4. The second kappa shape index (κ2) is 22.1. The van der Waals surface area contributed by atoms with Crippen molar-refractivity contribution in [3.05, 3.63) is 55.4 Å². The topological polar surface area (TPSA) is 18.5 Å². The van der Waals surface area contributed by atoms with Crippen LogP contribution in [-0.4, -0.2) is 96.6 Å². The molecule has 2 nitrogen and oxygen atoms in total. The van der Waals surface area contributed by atoms with Crippen LogP contribution in [0.3, 0.4) is 0 Å². The predicted molar refractivity (Wildman–Crippen MR) is 155 cm³/mol. The Morgan fingerprint density at radius 1 is 0.391 bits per heavy atom. The van der Waals surface area contributed by atoms with Crippen molar-refractivity contribution < 1.29 is 221 Å². The predicted octanol–water partition coefficient (Wildman–Crippen LogP) is 14.7. The van der Waals surface area contributed by atoms with Crippen molar-refractivity contribution in [2.24, 2.45) is 0 Å². The molecular weight excluding hydrogens is 1470 g/mol. The summed E-state index contributed by atoms with van der Waals surface area (Å²) in [5.74, 6) is -94.4. The van der Waals surface area contributed by atoms with Gasteiger partial charge in [0.25, 0.3) is 0 Å². The molecule has 36 heteroatoms. The molecule has 0 atom stereocenters. The Bertz CT molecular complexity index is 1700. The molecular formula is C28H21F30O2S2Th2-. The minimum absolute atomic E-state index is 0. The van der Waals surface area contributed by atoms with Crippen LogP contribution in [-0.2, 0) is 0 Å². The Kier molecular flexibility index (Phi) is 25.0. The zero-order valence-corrected chi connectivity index (χ0v) is 40.6. The van der Waals surface area contributed by atoms with Crippen LogP contribution in [0.5, 0.6) is 11.5 Å². The number of hydrogen-bond donors (Lipinski definition) is 0. The van der Waals surface area contributed by atoms with Crippen molar-refractivity contribution in [3.63, 3.8) is 0 Å². The van der Waals surface area contributed by atoms with E-state index in [0.29, 0.717) is 11.3 Å². The Hall–Kier alpha value is -0.451. The Morgan fingerprint density at radius 2 is 0.672 bits per heavy atom. The maximum absolute atomic E-state index is 13.5. The number of ether oxygens (including phenoxy) is 2. The van der Waals surface area contributed by atoms with Crippen LogP contribution in [0.15, 0.2) is 27.6 Å². The average Bonchev–Trinajstić information content (AvgIpc) is 3.72. The van der Waals surface area contributed by atoms with Crippen molar-refractivity contribution in [3.8, 4) is 11.5 Å². The summed E-state index contributed by atoms with van der Waals surface area (Å²) in [6.45, 7) is -4.52. The summed E-state index contributed by atoms with van der Waals surface area (Å²) in [7, 11) is 0. The van der Waals surface area contributed by atoms with E-state index >= 15 is 0 Å². The van der Waals surface area contributed by atoms with E-state index in [9.17, 15) is 132 Å². The monoisotopic (exact) mass is 1490 g/mol. The van der Waals surface area contributed by atoms with Gasteiger partial charge in [-0.15, -0.1) is 22.7 Å². The summed E-state index contributed by atoms with van der Waals surface area (Å²) in [5.41, 5.74) is -0.0208. The number of thiophene rings is 2. The van der Waals surface area contributed by atoms with Crippen LogP contribution < -0.4 is 9.47 Å². The third-order valence-electron chi connectivity index (χ3n) is 6.92. The van der Waals surface area contributed by atoms with E-state index in [2.05, 4.69) is 9.47 Å². The molecule has 0 radical (unpaired) electrons. The van der Waals surface area contributed by atoms with E-state index < -0.39 is 108 Å². The van der Waals surface area contributed by atoms with Gasteiger partial charge in [-0.3, -0.25) is 0 Å². The number of rotatable bonds is 16. The SMILES string of the molecule is Cc1cscc1OCC(F)(F)C(F)(F)C(F)(F)C(F)(F)C(F)(F)C(F)(F)C(F)(F)F.FC(F)(F)C(F)(F)C(F)(F)C(F)(F)C(F)(F)C(F)(F)C(F)(F)COc1ccsc1.[CH3-].[CH3-].[CH3-].[Th+2].[Th]. The second-order valence-electron chi connectivity index (χ2n) is 11.1. The molecule has 0 aliphatic carbocycles. The number of halogens is 30. The fourth-order valence-corrected chi connectivity index (χ4v) is 4.69. The van der Waals surface area contributed by atoms with Crippen LogP contribution in [0.2, 0.25) is 0 Å². The Labute approximate surface area is 411 Å². The molecule has 0 spiro atoms. The molecule has 2 aromatic rings. The third-order valence-corrected chi connectivity index (χ3v) is 8.42. The quantitative estimate of drug-likeness (QED) is 0.123. The molecule has 0 saturated carbocycles. The first-order valence-corrected chi connectivity index (χ1v) is 15.4. The molecule has 2 aromatic heterocycles. The van der Waals surface area contributed by atoms with Crippen molar-refractivity contribution in [1.29, 1.82) is 0 Å². The van der Waals surface area contributed by atoms with Gasteiger partial charge in [0.15, 0.2) is 13.2 Å². The Balaban J connectivity index is -0.000000336. The average molecular weight is 1490 g/mol. The third kappa shape index (κ3) is 12.1. The molecule has 2 heterocycles. The van der Waals surface area contributed by atoms with Crippen LogP contribution in [0.1, 0.15) is 5.56 Å². The number of alkyl halides is 30. The zero-order chi connectivity index (χ0) is 47.5. The summed E-state index contributed by atoms with van der Waals surface area (Å²) < 4.78 is 396. The van der Waals surface area contributed by atoms with Crippen molar-refractivity contribution in [1.82, 2.24) is 0 Å². The zero-order valence-electron chi connectivity index (χ0n) is 30.8. The molecule has 0 N–H and O–H groups in total. The molecule has 0 bridgehead atoms. The van der Waals surface area contributed by atoms with Crippen LogP contribution in [0, 0.1) is 109 Å². The van der Waals surface area contributed by atoms with Gasteiger partial charge in [0.2, 0.25) is 0 Å². The van der Waals surface area contributed by atoms with Crippen molar-refractivity contribution >= 4 is 22.7 Å². The molecule has 0 saturated heterocycles.